The maximum absolute atomic E-state index is 13.3. The number of ketones is 1. The van der Waals surface area contributed by atoms with Crippen molar-refractivity contribution < 1.29 is 14.3 Å². The first kappa shape index (κ1) is 22.2. The first-order valence-electron chi connectivity index (χ1n) is 11.3. The lowest BCUT2D eigenvalue weighted by Crippen LogP contribution is -2.32. The summed E-state index contributed by atoms with van der Waals surface area (Å²) in [7, 11) is 1.99. The topological polar surface area (TPSA) is 43.7 Å². The van der Waals surface area contributed by atoms with E-state index < -0.39 is 0 Å². The van der Waals surface area contributed by atoms with Gasteiger partial charge >= 0.3 is 0 Å². The Kier molecular flexibility index (Phi) is 5.37. The van der Waals surface area contributed by atoms with Crippen molar-refractivity contribution in [3.8, 4) is 11.5 Å². The number of ether oxygens (including phenoxy) is 2. The Bertz CT molecular complexity index is 1550. The Labute approximate surface area is 213 Å². The lowest BCUT2D eigenvalue weighted by Gasteiger charge is -2.30. The largest absolute Gasteiger partial charge is 0.477 e. The summed E-state index contributed by atoms with van der Waals surface area (Å²) in [6, 6.07) is 15.5. The highest BCUT2D eigenvalue weighted by Crippen LogP contribution is 2.43. The SMILES string of the molecule is Cc1c2c(cc3c1O/C(=C\c1cn(C)c4ccccc14)C3=O)CN(Cc1ccc(Cl)cc1Cl)CO2. The summed E-state index contributed by atoms with van der Waals surface area (Å²) in [6.07, 6.45) is 3.84. The number of benzene rings is 3. The van der Waals surface area contributed by atoms with Crippen molar-refractivity contribution in [1.82, 2.24) is 9.47 Å². The molecule has 0 unspecified atom stereocenters. The Hall–Kier alpha value is -3.25. The van der Waals surface area contributed by atoms with E-state index in [0.29, 0.717) is 46.9 Å². The van der Waals surface area contributed by atoms with Crippen LogP contribution in [0.4, 0.5) is 0 Å². The van der Waals surface area contributed by atoms with Crippen LogP contribution in [0.25, 0.3) is 17.0 Å². The van der Waals surface area contributed by atoms with Gasteiger partial charge in [-0.05, 0) is 42.8 Å². The second-order valence-electron chi connectivity index (χ2n) is 9.01. The van der Waals surface area contributed by atoms with Gasteiger partial charge in [0.2, 0.25) is 5.78 Å². The monoisotopic (exact) mass is 504 g/mol. The molecule has 0 bridgehead atoms. The molecule has 1 aromatic heterocycles. The van der Waals surface area contributed by atoms with Crippen molar-refractivity contribution in [3.63, 3.8) is 0 Å². The van der Waals surface area contributed by atoms with Gasteiger partial charge in [0.1, 0.15) is 18.2 Å². The average Bonchev–Trinajstić information content (AvgIpc) is 3.33. The third-order valence-corrected chi connectivity index (χ3v) is 7.21. The number of carbonyl (C=O) groups excluding carboxylic acids is 1. The predicted molar refractivity (Wildman–Crippen MR) is 138 cm³/mol. The van der Waals surface area contributed by atoms with Crippen molar-refractivity contribution in [2.75, 3.05) is 6.73 Å². The lowest BCUT2D eigenvalue weighted by atomic mass is 9.99. The molecular formula is C28H22Cl2N2O3. The molecule has 3 heterocycles. The van der Waals surface area contributed by atoms with Gasteiger partial charge in [-0.25, -0.2) is 0 Å². The van der Waals surface area contributed by atoms with Gasteiger partial charge in [0.25, 0.3) is 0 Å². The Morgan fingerprint density at radius 3 is 2.74 bits per heavy atom. The van der Waals surface area contributed by atoms with Gasteiger partial charge < -0.3 is 14.0 Å². The first-order valence-corrected chi connectivity index (χ1v) is 12.1. The maximum Gasteiger partial charge on any atom is 0.231 e. The standard InChI is InChI=1S/C28H22Cl2N2O3/c1-16-27-19(14-32(15-34-27)13-17-7-8-20(29)11-23(17)30)9-22-26(33)25(35-28(16)22)10-18-12-31(2)24-6-4-3-5-21(18)24/h3-12H,13-15H2,1-2H3/b25-10-. The molecule has 2 aliphatic rings. The minimum absolute atomic E-state index is 0.114. The van der Waals surface area contributed by atoms with Crippen LogP contribution >= 0.6 is 23.2 Å². The minimum atomic E-state index is -0.114. The molecule has 0 radical (unpaired) electrons. The number of aromatic nitrogens is 1. The quantitative estimate of drug-likeness (QED) is 0.289. The average molecular weight is 505 g/mol. The van der Waals surface area contributed by atoms with Crippen LogP contribution < -0.4 is 9.47 Å². The predicted octanol–water partition coefficient (Wildman–Crippen LogP) is 6.76. The van der Waals surface area contributed by atoms with E-state index in [0.717, 1.165) is 38.9 Å². The van der Waals surface area contributed by atoms with Gasteiger partial charge in [-0.15, -0.1) is 0 Å². The van der Waals surface area contributed by atoms with E-state index in [1.54, 1.807) is 6.07 Å². The van der Waals surface area contributed by atoms with Gasteiger partial charge in [0.05, 0.1) is 5.56 Å². The number of nitrogens with zero attached hydrogens (tertiary/aromatic N) is 2. The lowest BCUT2D eigenvalue weighted by molar-refractivity contribution is 0.0877. The van der Waals surface area contributed by atoms with Crippen molar-refractivity contribution in [1.29, 1.82) is 0 Å². The number of para-hydroxylation sites is 1. The molecule has 0 saturated carbocycles. The highest BCUT2D eigenvalue weighted by molar-refractivity contribution is 6.35. The summed E-state index contributed by atoms with van der Waals surface area (Å²) < 4.78 is 14.3. The second kappa shape index (κ2) is 8.45. The smallest absolute Gasteiger partial charge is 0.231 e. The van der Waals surface area contributed by atoms with Crippen LogP contribution in [0.15, 0.2) is 60.5 Å². The highest BCUT2D eigenvalue weighted by Gasteiger charge is 2.34. The van der Waals surface area contributed by atoms with E-state index in [-0.39, 0.29) is 5.78 Å². The van der Waals surface area contributed by atoms with E-state index in [4.69, 9.17) is 32.7 Å². The molecule has 3 aromatic carbocycles. The first-order chi connectivity index (χ1) is 16.9. The number of carbonyl (C=O) groups is 1. The fourth-order valence-corrected chi connectivity index (χ4v) is 5.39. The summed E-state index contributed by atoms with van der Waals surface area (Å²) in [5.41, 5.74) is 5.40. The zero-order chi connectivity index (χ0) is 24.3. The van der Waals surface area contributed by atoms with E-state index in [1.807, 2.05) is 67.2 Å². The highest BCUT2D eigenvalue weighted by atomic mass is 35.5. The third-order valence-electron chi connectivity index (χ3n) is 6.63. The number of halogens is 2. The molecule has 6 rings (SSSR count). The molecule has 2 aliphatic heterocycles. The Balaban J connectivity index is 1.31. The molecule has 0 N–H and O–H groups in total. The zero-order valence-electron chi connectivity index (χ0n) is 19.3. The molecule has 5 nitrogen and oxygen atoms in total. The van der Waals surface area contributed by atoms with Crippen LogP contribution in [-0.4, -0.2) is 22.0 Å². The van der Waals surface area contributed by atoms with Crippen molar-refractivity contribution in [3.05, 3.63) is 98.3 Å². The molecule has 4 aromatic rings. The van der Waals surface area contributed by atoms with E-state index in [1.165, 1.54) is 0 Å². The molecule has 0 amide bonds. The van der Waals surface area contributed by atoms with Crippen LogP contribution in [0, 0.1) is 6.92 Å². The zero-order valence-corrected chi connectivity index (χ0v) is 20.8. The number of aryl methyl sites for hydroxylation is 1. The van der Waals surface area contributed by atoms with Gasteiger partial charge in [-0.2, -0.15) is 0 Å². The van der Waals surface area contributed by atoms with Crippen LogP contribution in [0.2, 0.25) is 10.0 Å². The number of Topliss-reactive ketones (excluding diaryl/α,β-unsaturated/α-hetero) is 1. The maximum atomic E-state index is 13.3. The minimum Gasteiger partial charge on any atom is -0.477 e. The van der Waals surface area contributed by atoms with Crippen LogP contribution in [0.3, 0.4) is 0 Å². The molecular weight excluding hydrogens is 483 g/mol. The van der Waals surface area contributed by atoms with Gasteiger partial charge in [0, 0.05) is 64.0 Å². The summed E-state index contributed by atoms with van der Waals surface area (Å²) >= 11 is 12.4. The fraction of sp³-hybridized carbons (Fsp3) is 0.179. The van der Waals surface area contributed by atoms with E-state index in [2.05, 4.69) is 11.0 Å². The third kappa shape index (κ3) is 3.80. The molecule has 176 valence electrons. The number of hydrogen-bond donors (Lipinski definition) is 0. The van der Waals surface area contributed by atoms with Crippen LogP contribution in [0.1, 0.15) is 32.6 Å². The number of allylic oxidation sites excluding steroid dienone is 1. The van der Waals surface area contributed by atoms with Gasteiger partial charge in [-0.1, -0.05) is 47.5 Å². The molecule has 7 heteroatoms. The van der Waals surface area contributed by atoms with E-state index in [9.17, 15) is 4.79 Å². The van der Waals surface area contributed by atoms with Gasteiger partial charge in [-0.3, -0.25) is 9.69 Å². The number of fused-ring (bicyclic) bond motifs is 3. The van der Waals surface area contributed by atoms with E-state index >= 15 is 0 Å². The summed E-state index contributed by atoms with van der Waals surface area (Å²) in [5.74, 6) is 1.57. The molecule has 0 spiro atoms. The molecule has 0 saturated heterocycles. The number of rotatable bonds is 3. The summed E-state index contributed by atoms with van der Waals surface area (Å²) in [4.78, 5) is 15.5. The summed E-state index contributed by atoms with van der Waals surface area (Å²) in [6.45, 7) is 3.61. The van der Waals surface area contributed by atoms with Crippen molar-refractivity contribution in [2.45, 2.75) is 20.0 Å². The Morgan fingerprint density at radius 2 is 1.91 bits per heavy atom. The summed E-state index contributed by atoms with van der Waals surface area (Å²) in [5, 5.41) is 2.31. The molecule has 0 fully saturated rings. The number of hydrogen-bond acceptors (Lipinski definition) is 4. The van der Waals surface area contributed by atoms with Gasteiger partial charge in [0.15, 0.2) is 5.76 Å². The molecule has 35 heavy (non-hydrogen) atoms. The normalized spacial score (nSPS) is 16.3. The van der Waals surface area contributed by atoms with Crippen molar-refractivity contribution in [2.24, 2.45) is 7.05 Å². The van der Waals surface area contributed by atoms with Crippen LogP contribution in [0.5, 0.6) is 11.5 Å². The second-order valence-corrected chi connectivity index (χ2v) is 9.86. The fourth-order valence-electron chi connectivity index (χ4n) is 4.92. The Morgan fingerprint density at radius 1 is 1.09 bits per heavy atom. The van der Waals surface area contributed by atoms with Crippen molar-refractivity contribution >= 4 is 46.0 Å². The molecule has 0 aliphatic carbocycles. The molecule has 0 atom stereocenters. The van der Waals surface area contributed by atoms with Crippen LogP contribution in [-0.2, 0) is 20.1 Å².